The number of carboxylic acids is 2. The van der Waals surface area contributed by atoms with Crippen molar-refractivity contribution in [3.8, 4) is 0 Å². The van der Waals surface area contributed by atoms with Crippen molar-refractivity contribution in [2.75, 3.05) is 19.7 Å². The predicted octanol–water partition coefficient (Wildman–Crippen LogP) is -3.62. The maximum atomic E-state index is 12.0. The molecule has 3 unspecified atom stereocenters. The fourth-order valence-electron chi connectivity index (χ4n) is 2.29. The first-order chi connectivity index (χ1) is 12.2. The Hall–Kier alpha value is -2.73. The Morgan fingerprint density at radius 3 is 2.27 bits per heavy atom. The Labute approximate surface area is 148 Å². The van der Waals surface area contributed by atoms with Crippen LogP contribution in [0, 0.1) is 0 Å². The summed E-state index contributed by atoms with van der Waals surface area (Å²) < 4.78 is 0. The molecule has 1 rings (SSSR count). The number of amides is 3. The van der Waals surface area contributed by atoms with Crippen molar-refractivity contribution in [2.45, 2.75) is 37.4 Å². The molecule has 3 atom stereocenters. The fraction of sp³-hybridized carbons (Fsp3) is 0.643. The summed E-state index contributed by atoms with van der Waals surface area (Å²) in [6, 6.07) is -3.60. The maximum Gasteiger partial charge on any atom is 0.328 e. The molecule has 0 saturated carbocycles. The third-order valence-corrected chi connectivity index (χ3v) is 3.63. The molecule has 0 spiro atoms. The van der Waals surface area contributed by atoms with Crippen LogP contribution in [0.4, 0.5) is 0 Å². The Balaban J connectivity index is 2.57. The topological polar surface area (TPSA) is 194 Å². The number of rotatable bonds is 10. The van der Waals surface area contributed by atoms with Crippen molar-refractivity contribution in [3.63, 3.8) is 0 Å². The summed E-state index contributed by atoms with van der Waals surface area (Å²) in [6.45, 7) is -0.678. The van der Waals surface area contributed by atoms with Crippen LogP contribution in [0.2, 0.25) is 0 Å². The highest BCUT2D eigenvalue weighted by Gasteiger charge is 2.28. The lowest BCUT2D eigenvalue weighted by Crippen LogP contribution is -2.55. The van der Waals surface area contributed by atoms with E-state index in [0.29, 0.717) is 13.0 Å². The van der Waals surface area contributed by atoms with Gasteiger partial charge in [-0.15, -0.1) is 0 Å². The minimum Gasteiger partial charge on any atom is -0.481 e. The number of carbonyl (C=O) groups is 5. The number of aliphatic carboxylic acids is 2. The largest absolute Gasteiger partial charge is 0.481 e. The molecule has 0 aromatic rings. The van der Waals surface area contributed by atoms with Gasteiger partial charge in [-0.1, -0.05) is 0 Å². The quantitative estimate of drug-likeness (QED) is 0.202. The third-order valence-electron chi connectivity index (χ3n) is 3.63. The number of carbonyl (C=O) groups excluding carboxylic acids is 3. The van der Waals surface area contributed by atoms with Gasteiger partial charge >= 0.3 is 11.9 Å². The van der Waals surface area contributed by atoms with Gasteiger partial charge in [-0.05, 0) is 19.4 Å². The van der Waals surface area contributed by atoms with Gasteiger partial charge in [-0.2, -0.15) is 0 Å². The first-order valence-corrected chi connectivity index (χ1v) is 7.91. The molecule has 0 bridgehead atoms. The Bertz CT molecular complexity index is 561. The second kappa shape index (κ2) is 10.3. The molecule has 0 aromatic carbocycles. The number of carboxylic acid groups (broad SMARTS) is 2. The maximum absolute atomic E-state index is 12.0. The SMILES string of the molecule is O=C(O)CC(NC(=O)CNC(=O)C1CCCN1)C(=O)NC(CO)C(=O)O. The van der Waals surface area contributed by atoms with Crippen LogP contribution in [-0.4, -0.2) is 82.8 Å². The Morgan fingerprint density at radius 2 is 1.77 bits per heavy atom. The van der Waals surface area contributed by atoms with Crippen LogP contribution in [-0.2, 0) is 24.0 Å². The molecular weight excluding hydrogens is 352 g/mol. The van der Waals surface area contributed by atoms with Gasteiger partial charge in [0.2, 0.25) is 17.7 Å². The van der Waals surface area contributed by atoms with Crippen molar-refractivity contribution in [1.29, 1.82) is 0 Å². The van der Waals surface area contributed by atoms with E-state index in [9.17, 15) is 24.0 Å². The van der Waals surface area contributed by atoms with Crippen molar-refractivity contribution >= 4 is 29.7 Å². The smallest absolute Gasteiger partial charge is 0.328 e. The van der Waals surface area contributed by atoms with E-state index >= 15 is 0 Å². The highest BCUT2D eigenvalue weighted by atomic mass is 16.4. The molecule has 12 nitrogen and oxygen atoms in total. The molecule has 1 fully saturated rings. The molecule has 146 valence electrons. The summed E-state index contributed by atoms with van der Waals surface area (Å²) in [4.78, 5) is 57.3. The average Bonchev–Trinajstić information content (AvgIpc) is 3.10. The van der Waals surface area contributed by atoms with Gasteiger partial charge in [0.05, 0.1) is 25.6 Å². The summed E-state index contributed by atoms with van der Waals surface area (Å²) in [7, 11) is 0. The zero-order chi connectivity index (χ0) is 19.7. The van der Waals surface area contributed by atoms with Gasteiger partial charge in [0, 0.05) is 0 Å². The summed E-state index contributed by atoms with van der Waals surface area (Å²) in [5, 5.41) is 35.9. The first kappa shape index (κ1) is 21.3. The van der Waals surface area contributed by atoms with E-state index in [1.54, 1.807) is 0 Å². The van der Waals surface area contributed by atoms with Crippen molar-refractivity contribution < 1.29 is 39.3 Å². The van der Waals surface area contributed by atoms with Crippen LogP contribution in [0.1, 0.15) is 19.3 Å². The van der Waals surface area contributed by atoms with Crippen LogP contribution in [0.15, 0.2) is 0 Å². The van der Waals surface area contributed by atoms with Crippen molar-refractivity contribution in [3.05, 3.63) is 0 Å². The van der Waals surface area contributed by atoms with E-state index in [0.717, 1.165) is 6.42 Å². The molecule has 3 amide bonds. The van der Waals surface area contributed by atoms with E-state index in [4.69, 9.17) is 15.3 Å². The number of aliphatic hydroxyl groups is 1. The molecule has 0 aliphatic carbocycles. The summed E-state index contributed by atoms with van der Waals surface area (Å²) in [5.74, 6) is -5.19. The highest BCUT2D eigenvalue weighted by Crippen LogP contribution is 2.04. The van der Waals surface area contributed by atoms with Crippen molar-refractivity contribution in [2.24, 2.45) is 0 Å². The second-order valence-corrected chi connectivity index (χ2v) is 5.67. The van der Waals surface area contributed by atoms with Crippen LogP contribution in [0.3, 0.4) is 0 Å². The molecule has 1 saturated heterocycles. The van der Waals surface area contributed by atoms with E-state index in [1.165, 1.54) is 0 Å². The van der Waals surface area contributed by atoms with E-state index in [2.05, 4.69) is 16.0 Å². The minimum atomic E-state index is -1.64. The van der Waals surface area contributed by atoms with E-state index < -0.39 is 61.5 Å². The molecule has 1 aliphatic rings. The van der Waals surface area contributed by atoms with Gasteiger partial charge < -0.3 is 36.6 Å². The third kappa shape index (κ3) is 7.03. The summed E-state index contributed by atoms with van der Waals surface area (Å²) in [6.07, 6.45) is 0.670. The van der Waals surface area contributed by atoms with Gasteiger partial charge in [0.25, 0.3) is 0 Å². The molecule has 12 heteroatoms. The van der Waals surface area contributed by atoms with Crippen LogP contribution >= 0.6 is 0 Å². The van der Waals surface area contributed by atoms with Gasteiger partial charge in [0.1, 0.15) is 12.1 Å². The number of nitrogens with one attached hydrogen (secondary N) is 4. The molecular formula is C14H22N4O8. The second-order valence-electron chi connectivity index (χ2n) is 5.67. The number of hydrogen-bond donors (Lipinski definition) is 7. The molecule has 26 heavy (non-hydrogen) atoms. The zero-order valence-electron chi connectivity index (χ0n) is 13.9. The van der Waals surface area contributed by atoms with E-state index in [1.807, 2.05) is 5.32 Å². The number of hydrogen-bond acceptors (Lipinski definition) is 7. The van der Waals surface area contributed by atoms with Crippen LogP contribution in [0.25, 0.3) is 0 Å². The van der Waals surface area contributed by atoms with Gasteiger partial charge in [0.15, 0.2) is 0 Å². The van der Waals surface area contributed by atoms with Crippen LogP contribution in [0.5, 0.6) is 0 Å². The first-order valence-electron chi connectivity index (χ1n) is 7.91. The monoisotopic (exact) mass is 374 g/mol. The average molecular weight is 374 g/mol. The predicted molar refractivity (Wildman–Crippen MR) is 84.9 cm³/mol. The number of aliphatic hydroxyl groups excluding tert-OH is 1. The summed E-state index contributed by atoms with van der Waals surface area (Å²) in [5.41, 5.74) is 0. The lowest BCUT2D eigenvalue weighted by molar-refractivity contribution is -0.144. The summed E-state index contributed by atoms with van der Waals surface area (Å²) >= 11 is 0. The zero-order valence-corrected chi connectivity index (χ0v) is 13.9. The minimum absolute atomic E-state index is 0.386. The van der Waals surface area contributed by atoms with Gasteiger partial charge in [-0.3, -0.25) is 19.2 Å². The lowest BCUT2D eigenvalue weighted by Gasteiger charge is -2.19. The lowest BCUT2D eigenvalue weighted by atomic mass is 10.1. The Kier molecular flexibility index (Phi) is 8.45. The van der Waals surface area contributed by atoms with Crippen LogP contribution < -0.4 is 21.3 Å². The highest BCUT2D eigenvalue weighted by molar-refractivity contribution is 5.94. The van der Waals surface area contributed by atoms with Crippen molar-refractivity contribution in [1.82, 2.24) is 21.3 Å². The molecule has 1 aliphatic heterocycles. The molecule has 0 aromatic heterocycles. The molecule has 7 N–H and O–H groups in total. The Morgan fingerprint density at radius 1 is 1.08 bits per heavy atom. The normalized spacial score (nSPS) is 18.4. The fourth-order valence-corrected chi connectivity index (χ4v) is 2.29. The molecule has 1 heterocycles. The van der Waals surface area contributed by atoms with E-state index in [-0.39, 0.29) is 5.91 Å². The standard InChI is InChI=1S/C14H22N4O8/c19-6-9(14(25)26)18-13(24)8(4-11(21)22)17-10(20)5-16-12(23)7-2-1-3-15-7/h7-9,15,19H,1-6H2,(H,16,23)(H,17,20)(H,18,24)(H,21,22)(H,25,26). The molecule has 0 radical (unpaired) electrons. The van der Waals surface area contributed by atoms with Gasteiger partial charge in [-0.25, -0.2) is 4.79 Å².